The van der Waals surface area contributed by atoms with Gasteiger partial charge < -0.3 is 14.8 Å². The molecule has 1 heterocycles. The van der Waals surface area contributed by atoms with Crippen LogP contribution in [0.5, 0.6) is 5.75 Å². The van der Waals surface area contributed by atoms with Crippen LogP contribution in [0.15, 0.2) is 23.1 Å². The molecule has 1 aliphatic heterocycles. The van der Waals surface area contributed by atoms with Crippen molar-refractivity contribution in [3.63, 3.8) is 0 Å². The van der Waals surface area contributed by atoms with E-state index in [2.05, 4.69) is 5.32 Å². The Balaban J connectivity index is 1.65. The summed E-state index contributed by atoms with van der Waals surface area (Å²) in [6, 6.07) is 3.56. The number of sulfonamides is 1. The number of carbonyl (C=O) groups is 1. The van der Waals surface area contributed by atoms with E-state index in [0.29, 0.717) is 0 Å². The van der Waals surface area contributed by atoms with Crippen LogP contribution in [0.4, 0.5) is 5.69 Å². The standard InChI is InChI=1S/C20H29N3O7S/c24-20(21-16-6-4-2-1-3-5-7-16)15-30-19-9-8-17(14-18(19)23(25)26)31(27,28)22-10-12-29-13-11-22/h8-9,14,16H,1-7,10-13,15H2,(H,21,24). The number of ether oxygens (including phenoxy) is 2. The highest BCUT2D eigenvalue weighted by molar-refractivity contribution is 7.89. The van der Waals surface area contributed by atoms with Crippen molar-refractivity contribution < 1.29 is 27.6 Å². The first-order chi connectivity index (χ1) is 14.9. The monoisotopic (exact) mass is 455 g/mol. The predicted molar refractivity (Wildman–Crippen MR) is 112 cm³/mol. The molecule has 3 rings (SSSR count). The van der Waals surface area contributed by atoms with Gasteiger partial charge in [0.15, 0.2) is 12.4 Å². The predicted octanol–water partition coefficient (Wildman–Crippen LogP) is 2.22. The summed E-state index contributed by atoms with van der Waals surface area (Å²) in [6.45, 7) is 0.565. The number of benzene rings is 1. The Kier molecular flexibility index (Phi) is 8.22. The Labute approximate surface area is 182 Å². The lowest BCUT2D eigenvalue weighted by atomic mass is 9.97. The second-order valence-corrected chi connectivity index (χ2v) is 9.74. The molecule has 172 valence electrons. The van der Waals surface area contributed by atoms with Gasteiger partial charge in [-0.15, -0.1) is 0 Å². The third-order valence-electron chi connectivity index (χ3n) is 5.56. The molecule has 2 aliphatic rings. The van der Waals surface area contributed by atoms with E-state index in [1.54, 1.807) is 0 Å². The van der Waals surface area contributed by atoms with Crippen molar-refractivity contribution in [2.75, 3.05) is 32.9 Å². The maximum Gasteiger partial charge on any atom is 0.312 e. The fourth-order valence-electron chi connectivity index (χ4n) is 3.87. The van der Waals surface area contributed by atoms with E-state index in [4.69, 9.17) is 9.47 Å². The Bertz CT molecular complexity index is 877. The van der Waals surface area contributed by atoms with Crippen LogP contribution >= 0.6 is 0 Å². The Hall–Kier alpha value is -2.24. The summed E-state index contributed by atoms with van der Waals surface area (Å²) in [6.07, 6.45) is 7.51. The highest BCUT2D eigenvalue weighted by Crippen LogP contribution is 2.31. The first kappa shape index (κ1) is 23.4. The maximum absolute atomic E-state index is 12.8. The Morgan fingerprint density at radius 1 is 1.16 bits per heavy atom. The van der Waals surface area contributed by atoms with Gasteiger partial charge in [-0.3, -0.25) is 14.9 Å². The molecule has 1 N–H and O–H groups in total. The molecule has 11 heteroatoms. The molecule has 0 aromatic heterocycles. The molecule has 10 nitrogen and oxygen atoms in total. The van der Waals surface area contributed by atoms with Crippen LogP contribution < -0.4 is 10.1 Å². The van der Waals surface area contributed by atoms with Crippen molar-refractivity contribution in [1.29, 1.82) is 0 Å². The first-order valence-corrected chi connectivity index (χ1v) is 12.1. The number of hydrogen-bond acceptors (Lipinski definition) is 7. The van der Waals surface area contributed by atoms with Crippen molar-refractivity contribution in [3.05, 3.63) is 28.3 Å². The van der Waals surface area contributed by atoms with Crippen molar-refractivity contribution in [1.82, 2.24) is 9.62 Å². The summed E-state index contributed by atoms with van der Waals surface area (Å²) in [5.41, 5.74) is -0.493. The number of hydrogen-bond donors (Lipinski definition) is 1. The third kappa shape index (κ3) is 6.37. The van der Waals surface area contributed by atoms with E-state index >= 15 is 0 Å². The second-order valence-electron chi connectivity index (χ2n) is 7.80. The largest absolute Gasteiger partial charge is 0.477 e. The lowest BCUT2D eigenvalue weighted by molar-refractivity contribution is -0.386. The molecular formula is C20H29N3O7S. The molecule has 0 spiro atoms. The van der Waals surface area contributed by atoms with Gasteiger partial charge in [0.25, 0.3) is 5.91 Å². The fourth-order valence-corrected chi connectivity index (χ4v) is 5.30. The van der Waals surface area contributed by atoms with E-state index in [1.807, 2.05) is 0 Å². The zero-order chi connectivity index (χ0) is 22.3. The highest BCUT2D eigenvalue weighted by atomic mass is 32.2. The summed E-state index contributed by atoms with van der Waals surface area (Å²) in [5.74, 6) is -0.483. The lowest BCUT2D eigenvalue weighted by Crippen LogP contribution is -2.40. The van der Waals surface area contributed by atoms with Gasteiger partial charge in [0.1, 0.15) is 0 Å². The third-order valence-corrected chi connectivity index (χ3v) is 7.46. The summed E-state index contributed by atoms with van der Waals surface area (Å²) in [5, 5.41) is 14.4. The number of carbonyl (C=O) groups excluding carboxylic acids is 1. The minimum absolute atomic E-state index is 0.0902. The van der Waals surface area contributed by atoms with Crippen molar-refractivity contribution in [3.8, 4) is 5.75 Å². The van der Waals surface area contributed by atoms with Gasteiger partial charge in [0.2, 0.25) is 10.0 Å². The van der Waals surface area contributed by atoms with Crippen LogP contribution in [0.25, 0.3) is 0 Å². The number of nitro benzene ring substituents is 1. The summed E-state index contributed by atoms with van der Waals surface area (Å²) in [4.78, 5) is 22.9. The molecule has 1 saturated heterocycles. The smallest absolute Gasteiger partial charge is 0.312 e. The van der Waals surface area contributed by atoms with E-state index in [1.165, 1.54) is 22.9 Å². The van der Waals surface area contributed by atoms with Crippen LogP contribution in [-0.4, -0.2) is 62.5 Å². The number of nitrogens with one attached hydrogen (secondary N) is 1. The quantitative estimate of drug-likeness (QED) is 0.493. The van der Waals surface area contributed by atoms with E-state index in [-0.39, 0.29) is 55.5 Å². The van der Waals surface area contributed by atoms with Gasteiger partial charge in [-0.05, 0) is 25.0 Å². The number of rotatable bonds is 7. The molecule has 1 amide bonds. The normalized spacial score (nSPS) is 19.2. The van der Waals surface area contributed by atoms with Gasteiger partial charge in [-0.2, -0.15) is 4.31 Å². The van der Waals surface area contributed by atoms with Gasteiger partial charge >= 0.3 is 5.69 Å². The average Bonchev–Trinajstić information content (AvgIpc) is 2.74. The maximum atomic E-state index is 12.8. The second kappa shape index (κ2) is 10.9. The zero-order valence-electron chi connectivity index (χ0n) is 17.5. The zero-order valence-corrected chi connectivity index (χ0v) is 18.3. The fraction of sp³-hybridized carbons (Fsp3) is 0.650. The molecule has 1 saturated carbocycles. The molecule has 0 unspecified atom stereocenters. The SMILES string of the molecule is O=C(COc1ccc(S(=O)(=O)N2CCOCC2)cc1[N+](=O)[O-])NC1CCCCCCC1. The summed E-state index contributed by atoms with van der Waals surface area (Å²) >= 11 is 0. The number of nitrogens with zero attached hydrogens (tertiary/aromatic N) is 2. The molecule has 1 aromatic rings. The topological polar surface area (TPSA) is 128 Å². The lowest BCUT2D eigenvalue weighted by Gasteiger charge is -2.26. The highest BCUT2D eigenvalue weighted by Gasteiger charge is 2.29. The van der Waals surface area contributed by atoms with Crippen LogP contribution in [0.1, 0.15) is 44.9 Å². The van der Waals surface area contributed by atoms with E-state index < -0.39 is 20.6 Å². The molecular weight excluding hydrogens is 426 g/mol. The first-order valence-electron chi connectivity index (χ1n) is 10.7. The van der Waals surface area contributed by atoms with Crippen molar-refractivity contribution in [2.24, 2.45) is 0 Å². The van der Waals surface area contributed by atoms with Crippen LogP contribution in [0, 0.1) is 10.1 Å². The van der Waals surface area contributed by atoms with E-state index in [0.717, 1.165) is 44.6 Å². The number of morpholine rings is 1. The Morgan fingerprint density at radius 3 is 2.45 bits per heavy atom. The van der Waals surface area contributed by atoms with Crippen LogP contribution in [0.3, 0.4) is 0 Å². The van der Waals surface area contributed by atoms with Crippen LogP contribution in [-0.2, 0) is 19.6 Å². The van der Waals surface area contributed by atoms with Gasteiger partial charge in [-0.1, -0.05) is 32.1 Å². The van der Waals surface area contributed by atoms with Gasteiger partial charge in [0, 0.05) is 25.2 Å². The molecule has 31 heavy (non-hydrogen) atoms. The molecule has 1 aromatic carbocycles. The van der Waals surface area contributed by atoms with Gasteiger partial charge in [0.05, 0.1) is 23.0 Å². The molecule has 0 atom stereocenters. The number of nitro groups is 1. The molecule has 0 bridgehead atoms. The van der Waals surface area contributed by atoms with Crippen molar-refractivity contribution in [2.45, 2.75) is 55.9 Å². The summed E-state index contributed by atoms with van der Waals surface area (Å²) < 4.78 is 37.3. The average molecular weight is 456 g/mol. The minimum atomic E-state index is -3.88. The van der Waals surface area contributed by atoms with Crippen molar-refractivity contribution >= 4 is 21.6 Å². The van der Waals surface area contributed by atoms with Crippen LogP contribution in [0.2, 0.25) is 0 Å². The van der Waals surface area contributed by atoms with Gasteiger partial charge in [-0.25, -0.2) is 8.42 Å². The molecule has 2 fully saturated rings. The number of amides is 1. The summed E-state index contributed by atoms with van der Waals surface area (Å²) in [7, 11) is -3.88. The molecule has 1 aliphatic carbocycles. The van der Waals surface area contributed by atoms with E-state index in [9.17, 15) is 23.3 Å². The minimum Gasteiger partial charge on any atom is -0.477 e. The Morgan fingerprint density at radius 2 is 1.81 bits per heavy atom. The molecule has 0 radical (unpaired) electrons.